The molecule has 2 aliphatic heterocycles. The minimum Gasteiger partial charge on any atom is -0.381 e. The Morgan fingerprint density at radius 3 is 2.24 bits per heavy atom. The zero-order valence-corrected chi connectivity index (χ0v) is 28.3. The molecular weight excluding hydrogens is 595 g/mol. The number of hydrogen-bond acceptors (Lipinski definition) is 7. The average molecular weight is 642 g/mol. The molecule has 4 heterocycles. The van der Waals surface area contributed by atoms with Crippen LogP contribution >= 0.6 is 11.8 Å². The summed E-state index contributed by atoms with van der Waals surface area (Å²) in [5.74, 6) is 2.84. The lowest BCUT2D eigenvalue weighted by Crippen LogP contribution is -2.50. The smallest absolute Gasteiger partial charge is 0.241 e. The highest BCUT2D eigenvalue weighted by Gasteiger charge is 2.34. The van der Waals surface area contributed by atoms with E-state index in [2.05, 4.69) is 87.7 Å². The summed E-state index contributed by atoms with van der Waals surface area (Å²) in [6, 6.07) is 17.2. The van der Waals surface area contributed by atoms with Crippen molar-refractivity contribution >= 4 is 17.7 Å². The van der Waals surface area contributed by atoms with Crippen LogP contribution in [0.3, 0.4) is 0 Å². The van der Waals surface area contributed by atoms with E-state index in [9.17, 15) is 4.79 Å². The Kier molecular flexibility index (Phi) is 10.6. The van der Waals surface area contributed by atoms with Crippen LogP contribution in [0.4, 0.5) is 0 Å². The van der Waals surface area contributed by atoms with Crippen LogP contribution in [0, 0.1) is 5.92 Å². The molecule has 3 N–H and O–H groups in total. The SMILES string of the molecule is CNC(C(=O)N(CSC)[C@H](C)c1ncc(-c2ccc(-c3ccc(-c4cnc(C5CCCN5C)[nH]4)cc3)cc2)[nH]1)C1CCCOCC1. The number of aromatic nitrogens is 4. The molecule has 4 aromatic rings. The van der Waals surface area contributed by atoms with E-state index in [0.717, 1.165) is 84.1 Å². The highest BCUT2D eigenvalue weighted by atomic mass is 32.2. The van der Waals surface area contributed by atoms with E-state index in [-0.39, 0.29) is 23.9 Å². The van der Waals surface area contributed by atoms with Crippen LogP contribution in [0.2, 0.25) is 0 Å². The zero-order valence-electron chi connectivity index (χ0n) is 27.5. The maximum Gasteiger partial charge on any atom is 0.241 e. The number of aromatic amines is 2. The molecule has 3 unspecified atom stereocenters. The van der Waals surface area contributed by atoms with Gasteiger partial charge in [0.15, 0.2) is 0 Å². The van der Waals surface area contributed by atoms with Gasteiger partial charge in [-0.2, -0.15) is 0 Å². The molecule has 2 aromatic carbocycles. The number of benzene rings is 2. The molecule has 4 atom stereocenters. The van der Waals surface area contributed by atoms with Gasteiger partial charge in [-0.25, -0.2) is 9.97 Å². The number of thioether (sulfide) groups is 1. The van der Waals surface area contributed by atoms with Crippen molar-refractivity contribution in [1.82, 2.24) is 35.1 Å². The minimum atomic E-state index is -0.233. The van der Waals surface area contributed by atoms with Crippen LogP contribution in [0.1, 0.15) is 62.8 Å². The predicted octanol–water partition coefficient (Wildman–Crippen LogP) is 6.52. The van der Waals surface area contributed by atoms with E-state index in [1.165, 1.54) is 6.42 Å². The third kappa shape index (κ3) is 7.10. The number of ether oxygens (including phenoxy) is 1. The molecule has 0 saturated carbocycles. The number of nitrogens with zero attached hydrogens (tertiary/aromatic N) is 4. The topological polar surface area (TPSA) is 102 Å². The maximum atomic E-state index is 13.9. The predicted molar refractivity (Wildman–Crippen MR) is 186 cm³/mol. The molecular formula is C36H47N7O2S. The van der Waals surface area contributed by atoms with Crippen molar-refractivity contribution in [2.24, 2.45) is 5.92 Å². The van der Waals surface area contributed by atoms with Crippen LogP contribution < -0.4 is 5.32 Å². The van der Waals surface area contributed by atoms with E-state index in [4.69, 9.17) is 9.72 Å². The van der Waals surface area contributed by atoms with E-state index in [1.54, 1.807) is 11.8 Å². The normalized spacial score (nSPS) is 20.3. The van der Waals surface area contributed by atoms with Gasteiger partial charge in [-0.1, -0.05) is 48.5 Å². The molecule has 2 aromatic heterocycles. The summed E-state index contributed by atoms with van der Waals surface area (Å²) >= 11 is 1.65. The number of carbonyl (C=O) groups excluding carboxylic acids is 1. The Hall–Kier alpha value is -3.44. The highest BCUT2D eigenvalue weighted by Crippen LogP contribution is 2.32. The first kappa shape index (κ1) is 32.5. The third-order valence-corrected chi connectivity index (χ3v) is 10.2. The first-order valence-corrected chi connectivity index (χ1v) is 17.9. The number of hydrogen-bond donors (Lipinski definition) is 3. The molecule has 1 amide bonds. The fourth-order valence-electron chi connectivity index (χ4n) is 6.94. The second kappa shape index (κ2) is 15.0. The van der Waals surface area contributed by atoms with Gasteiger partial charge in [0.2, 0.25) is 5.91 Å². The van der Waals surface area contributed by atoms with E-state index < -0.39 is 0 Å². The molecule has 2 fully saturated rings. The molecule has 0 bridgehead atoms. The standard InChI is InChI=1S/C36H47N7O2S/c1-24(43(23-46-4)36(44)33(37-2)29-7-6-19-45-20-17-29)34-38-21-30(40-34)27-13-9-25(10-14-27)26-11-15-28(16-12-26)31-22-39-35(41-31)32-8-5-18-42(32)3/h9-16,21-22,24,29,32-33,37H,5-8,17-20,23H2,1-4H3,(H,38,40)(H,39,41)/t24-,29?,32?,33?/m1/s1. The molecule has 6 rings (SSSR count). The number of likely N-dealkylation sites (N-methyl/N-ethyl adjacent to an activating group) is 1. The average Bonchev–Trinajstić information content (AvgIpc) is 3.82. The van der Waals surface area contributed by atoms with Gasteiger partial charge in [0, 0.05) is 13.2 Å². The molecule has 2 saturated heterocycles. The monoisotopic (exact) mass is 641 g/mol. The number of likely N-dealkylation sites (tertiary alicyclic amines) is 1. The Morgan fingerprint density at radius 1 is 0.957 bits per heavy atom. The molecule has 9 nitrogen and oxygen atoms in total. The van der Waals surface area contributed by atoms with Gasteiger partial charge in [-0.15, -0.1) is 11.8 Å². The summed E-state index contributed by atoms with van der Waals surface area (Å²) in [5.41, 5.74) is 6.50. The van der Waals surface area contributed by atoms with Crippen LogP contribution in [0.25, 0.3) is 33.6 Å². The third-order valence-electron chi connectivity index (χ3n) is 9.71. The molecule has 0 radical (unpaired) electrons. The lowest BCUT2D eigenvalue weighted by molar-refractivity contribution is -0.136. The molecule has 46 heavy (non-hydrogen) atoms. The molecule has 2 aliphatic rings. The summed E-state index contributed by atoms with van der Waals surface area (Å²) in [7, 11) is 4.06. The number of amides is 1. The van der Waals surface area contributed by atoms with Crippen LogP contribution in [-0.4, -0.2) is 87.7 Å². The van der Waals surface area contributed by atoms with Gasteiger partial charge in [-0.05, 0) is 94.1 Å². The lowest BCUT2D eigenvalue weighted by atomic mass is 9.91. The van der Waals surface area contributed by atoms with Crippen molar-refractivity contribution in [1.29, 1.82) is 0 Å². The largest absolute Gasteiger partial charge is 0.381 e. The van der Waals surface area contributed by atoms with Gasteiger partial charge in [-0.3, -0.25) is 9.69 Å². The Balaban J connectivity index is 1.12. The number of imidazole rings is 2. The van der Waals surface area contributed by atoms with Crippen molar-refractivity contribution in [2.45, 2.75) is 57.2 Å². The molecule has 10 heteroatoms. The first-order valence-electron chi connectivity index (χ1n) is 16.5. The van der Waals surface area contributed by atoms with Crippen molar-refractivity contribution in [3.63, 3.8) is 0 Å². The first-order chi connectivity index (χ1) is 22.5. The number of H-pyrrole nitrogens is 2. The Bertz CT molecular complexity index is 1560. The van der Waals surface area contributed by atoms with Crippen LogP contribution in [-0.2, 0) is 9.53 Å². The number of carbonyl (C=O) groups is 1. The Labute approximate surface area is 276 Å². The summed E-state index contributed by atoms with van der Waals surface area (Å²) in [6.07, 6.45) is 11.1. The molecule has 0 spiro atoms. The second-order valence-corrected chi connectivity index (χ2v) is 13.5. The molecule has 244 valence electrons. The van der Waals surface area contributed by atoms with Crippen LogP contribution in [0.15, 0.2) is 60.9 Å². The summed E-state index contributed by atoms with van der Waals surface area (Å²) < 4.78 is 5.66. The quantitative estimate of drug-likeness (QED) is 0.160. The van der Waals surface area contributed by atoms with Crippen molar-refractivity contribution in [3.8, 4) is 33.6 Å². The Morgan fingerprint density at radius 2 is 1.61 bits per heavy atom. The van der Waals surface area contributed by atoms with Gasteiger partial charge in [0.1, 0.15) is 11.6 Å². The summed E-state index contributed by atoms with van der Waals surface area (Å²) in [5, 5.41) is 3.33. The van der Waals surface area contributed by atoms with Crippen molar-refractivity contribution in [2.75, 3.05) is 46.0 Å². The lowest BCUT2D eigenvalue weighted by Gasteiger charge is -2.34. The maximum absolute atomic E-state index is 13.9. The van der Waals surface area contributed by atoms with Gasteiger partial charge >= 0.3 is 0 Å². The number of rotatable bonds is 11. The fraction of sp³-hybridized carbons (Fsp3) is 0.472. The summed E-state index contributed by atoms with van der Waals surface area (Å²) in [6.45, 7) is 4.68. The van der Waals surface area contributed by atoms with E-state index in [1.807, 2.05) is 30.6 Å². The van der Waals surface area contributed by atoms with Gasteiger partial charge in [0.05, 0.1) is 47.8 Å². The zero-order chi connectivity index (χ0) is 32.0. The van der Waals surface area contributed by atoms with E-state index in [0.29, 0.717) is 18.5 Å². The fourth-order valence-corrected chi connectivity index (χ4v) is 7.57. The molecule has 0 aliphatic carbocycles. The van der Waals surface area contributed by atoms with Crippen molar-refractivity contribution < 1.29 is 9.53 Å². The highest BCUT2D eigenvalue weighted by molar-refractivity contribution is 7.98. The van der Waals surface area contributed by atoms with Crippen molar-refractivity contribution in [3.05, 3.63) is 72.6 Å². The van der Waals surface area contributed by atoms with Gasteiger partial charge in [0.25, 0.3) is 0 Å². The minimum absolute atomic E-state index is 0.124. The van der Waals surface area contributed by atoms with E-state index >= 15 is 0 Å². The van der Waals surface area contributed by atoms with Gasteiger partial charge < -0.3 is 24.9 Å². The second-order valence-electron chi connectivity index (χ2n) is 12.6. The van der Waals surface area contributed by atoms with Crippen LogP contribution in [0.5, 0.6) is 0 Å². The summed E-state index contributed by atoms with van der Waals surface area (Å²) in [4.78, 5) is 34.7. The number of nitrogens with one attached hydrogen (secondary N) is 3.